The van der Waals surface area contributed by atoms with E-state index in [0.717, 1.165) is 28.6 Å². The Hall–Kier alpha value is -2.23. The van der Waals surface area contributed by atoms with Gasteiger partial charge in [0.2, 0.25) is 11.1 Å². The molecule has 0 radical (unpaired) electrons. The lowest BCUT2D eigenvalue weighted by Gasteiger charge is -2.20. The molecule has 0 unspecified atom stereocenters. The average molecular weight is 401 g/mol. The Morgan fingerprint density at radius 3 is 2.19 bits per heavy atom. The van der Waals surface area contributed by atoms with Crippen molar-refractivity contribution in [1.82, 2.24) is 14.9 Å². The highest BCUT2D eigenvalue weighted by Gasteiger charge is 2.38. The van der Waals surface area contributed by atoms with Crippen molar-refractivity contribution in [2.24, 2.45) is 0 Å². The van der Waals surface area contributed by atoms with Crippen LogP contribution in [-0.4, -0.2) is 26.5 Å². The molecule has 6 nitrogen and oxygen atoms in total. The highest BCUT2D eigenvalue weighted by atomic mass is 32.2. The van der Waals surface area contributed by atoms with Crippen molar-refractivity contribution in [1.29, 1.82) is 0 Å². The number of amides is 1. The van der Waals surface area contributed by atoms with Crippen molar-refractivity contribution in [3.05, 3.63) is 35.2 Å². The van der Waals surface area contributed by atoms with Gasteiger partial charge in [0.1, 0.15) is 0 Å². The molecule has 0 bridgehead atoms. The topological polar surface area (TPSA) is 85.8 Å². The molecule has 1 aromatic carbocycles. The largest absolute Gasteiger partial charge is 0.453 e. The standard InChI is InChI=1S/C17H22F3N5OS/c1-9(2)11-6-5-7-12(10(3)4)14(11)22-13(26)8-27-16-24-23-15(25(16)21)17(18,19)20/h5-7,9-10H,8,21H2,1-4H3,(H,22,26). The van der Waals surface area contributed by atoms with Crippen LogP contribution in [0, 0.1) is 0 Å². The summed E-state index contributed by atoms with van der Waals surface area (Å²) in [6.45, 7) is 8.11. The molecule has 27 heavy (non-hydrogen) atoms. The number of carbonyl (C=O) groups excluding carboxylic acids is 1. The van der Waals surface area contributed by atoms with Crippen LogP contribution in [0.5, 0.6) is 0 Å². The van der Waals surface area contributed by atoms with Crippen LogP contribution in [0.1, 0.15) is 56.5 Å². The van der Waals surface area contributed by atoms with E-state index in [1.54, 1.807) is 0 Å². The molecule has 1 heterocycles. The second-order valence-electron chi connectivity index (χ2n) is 6.63. The van der Waals surface area contributed by atoms with E-state index in [2.05, 4.69) is 15.5 Å². The number of nitrogens with zero attached hydrogens (tertiary/aromatic N) is 3. The Labute approximate surface area is 159 Å². The zero-order valence-electron chi connectivity index (χ0n) is 15.5. The summed E-state index contributed by atoms with van der Waals surface area (Å²) in [5, 5.41) is 9.14. The average Bonchev–Trinajstić information content (AvgIpc) is 2.93. The molecular formula is C17H22F3N5OS. The number of hydrogen-bond acceptors (Lipinski definition) is 5. The Balaban J connectivity index is 2.14. The lowest BCUT2D eigenvalue weighted by atomic mass is 9.92. The third-order valence-corrected chi connectivity index (χ3v) is 4.83. The van der Waals surface area contributed by atoms with Gasteiger partial charge in [-0.05, 0) is 23.0 Å². The van der Waals surface area contributed by atoms with Crippen LogP contribution in [0.2, 0.25) is 0 Å². The summed E-state index contributed by atoms with van der Waals surface area (Å²) < 4.78 is 38.4. The van der Waals surface area contributed by atoms with E-state index < -0.39 is 12.0 Å². The molecule has 0 spiro atoms. The summed E-state index contributed by atoms with van der Waals surface area (Å²) in [5.41, 5.74) is 2.75. The molecule has 1 amide bonds. The lowest BCUT2D eigenvalue weighted by Crippen LogP contribution is -2.22. The van der Waals surface area contributed by atoms with E-state index in [0.29, 0.717) is 4.68 Å². The van der Waals surface area contributed by atoms with Crippen LogP contribution in [0.4, 0.5) is 18.9 Å². The van der Waals surface area contributed by atoms with E-state index in [1.807, 2.05) is 45.9 Å². The maximum Gasteiger partial charge on any atom is 0.453 e. The maximum atomic E-state index is 12.7. The number of anilines is 1. The smallest absolute Gasteiger partial charge is 0.335 e. The van der Waals surface area contributed by atoms with Gasteiger partial charge in [-0.1, -0.05) is 57.7 Å². The summed E-state index contributed by atoms with van der Waals surface area (Å²) in [4.78, 5) is 12.4. The van der Waals surface area contributed by atoms with Gasteiger partial charge in [-0.25, -0.2) is 4.68 Å². The van der Waals surface area contributed by atoms with Gasteiger partial charge >= 0.3 is 6.18 Å². The lowest BCUT2D eigenvalue weighted by molar-refractivity contribution is -0.146. The molecule has 1 aromatic heterocycles. The highest BCUT2D eigenvalue weighted by Crippen LogP contribution is 2.33. The Kier molecular flexibility index (Phi) is 6.40. The van der Waals surface area contributed by atoms with Gasteiger partial charge in [-0.15, -0.1) is 10.2 Å². The first kappa shape index (κ1) is 21.1. The van der Waals surface area contributed by atoms with E-state index >= 15 is 0 Å². The molecule has 2 aromatic rings. The minimum Gasteiger partial charge on any atom is -0.335 e. The number of para-hydroxylation sites is 1. The summed E-state index contributed by atoms with van der Waals surface area (Å²) in [5.74, 6) is 3.97. The van der Waals surface area contributed by atoms with Crippen LogP contribution < -0.4 is 11.2 Å². The Bertz CT molecular complexity index is 791. The van der Waals surface area contributed by atoms with Crippen LogP contribution in [0.15, 0.2) is 23.4 Å². The molecule has 0 aliphatic heterocycles. The van der Waals surface area contributed by atoms with Crippen LogP contribution in [0.3, 0.4) is 0 Å². The predicted octanol–water partition coefficient (Wildman–Crippen LogP) is 3.99. The Morgan fingerprint density at radius 1 is 1.19 bits per heavy atom. The van der Waals surface area contributed by atoms with Gasteiger partial charge < -0.3 is 11.2 Å². The minimum absolute atomic E-state index is 0.142. The van der Waals surface area contributed by atoms with Crippen molar-refractivity contribution in [2.45, 2.75) is 50.9 Å². The van der Waals surface area contributed by atoms with Crippen molar-refractivity contribution in [3.8, 4) is 0 Å². The number of nitrogens with two attached hydrogens (primary N) is 1. The van der Waals surface area contributed by atoms with Gasteiger partial charge in [0.15, 0.2) is 0 Å². The molecular weight excluding hydrogens is 379 g/mol. The molecule has 0 aliphatic rings. The quantitative estimate of drug-likeness (QED) is 0.565. The summed E-state index contributed by atoms with van der Waals surface area (Å²) in [6, 6.07) is 5.85. The van der Waals surface area contributed by atoms with Crippen molar-refractivity contribution in [3.63, 3.8) is 0 Å². The zero-order valence-corrected chi connectivity index (χ0v) is 16.3. The van der Waals surface area contributed by atoms with Gasteiger partial charge in [-0.3, -0.25) is 4.79 Å². The van der Waals surface area contributed by atoms with Crippen LogP contribution in [-0.2, 0) is 11.0 Å². The van der Waals surface area contributed by atoms with Crippen molar-refractivity contribution in [2.75, 3.05) is 16.9 Å². The number of thioether (sulfide) groups is 1. The molecule has 0 atom stereocenters. The fourth-order valence-electron chi connectivity index (χ4n) is 2.57. The van der Waals surface area contributed by atoms with E-state index in [9.17, 15) is 18.0 Å². The normalized spacial score (nSPS) is 12.0. The Morgan fingerprint density at radius 2 is 1.74 bits per heavy atom. The van der Waals surface area contributed by atoms with Crippen molar-refractivity contribution >= 4 is 23.4 Å². The second kappa shape index (κ2) is 8.20. The SMILES string of the molecule is CC(C)c1cccc(C(C)C)c1NC(=O)CSc1nnc(C(F)(F)F)n1N. The third-order valence-electron chi connectivity index (χ3n) is 3.89. The van der Waals surface area contributed by atoms with Gasteiger partial charge in [0.05, 0.1) is 5.75 Å². The molecule has 0 aliphatic carbocycles. The van der Waals surface area contributed by atoms with Gasteiger partial charge in [-0.2, -0.15) is 13.2 Å². The summed E-state index contributed by atoms with van der Waals surface area (Å²) >= 11 is 0.792. The van der Waals surface area contributed by atoms with E-state index in [4.69, 9.17) is 5.84 Å². The molecule has 0 fully saturated rings. The number of aromatic nitrogens is 3. The fraction of sp³-hybridized carbons (Fsp3) is 0.471. The molecule has 0 saturated heterocycles. The maximum absolute atomic E-state index is 12.7. The van der Waals surface area contributed by atoms with Crippen LogP contribution in [0.25, 0.3) is 0 Å². The summed E-state index contributed by atoms with van der Waals surface area (Å²) in [6.07, 6.45) is -4.70. The predicted molar refractivity (Wildman–Crippen MR) is 99.1 cm³/mol. The fourth-order valence-corrected chi connectivity index (χ4v) is 3.23. The molecule has 148 valence electrons. The third kappa shape index (κ3) is 4.94. The van der Waals surface area contributed by atoms with Crippen molar-refractivity contribution < 1.29 is 18.0 Å². The van der Waals surface area contributed by atoms with Crippen LogP contribution >= 0.6 is 11.8 Å². The van der Waals surface area contributed by atoms with E-state index in [1.165, 1.54) is 0 Å². The number of carbonyl (C=O) groups is 1. The second-order valence-corrected chi connectivity index (χ2v) is 7.57. The first-order chi connectivity index (χ1) is 12.5. The highest BCUT2D eigenvalue weighted by molar-refractivity contribution is 7.99. The number of nitrogen functional groups attached to an aromatic ring is 1. The molecule has 3 N–H and O–H groups in total. The van der Waals surface area contributed by atoms with Gasteiger partial charge in [0.25, 0.3) is 5.82 Å². The van der Waals surface area contributed by atoms with E-state index in [-0.39, 0.29) is 28.7 Å². The number of hydrogen-bond donors (Lipinski definition) is 2. The number of rotatable bonds is 6. The first-order valence-electron chi connectivity index (χ1n) is 8.35. The van der Waals surface area contributed by atoms with Gasteiger partial charge in [0, 0.05) is 5.69 Å². The zero-order chi connectivity index (χ0) is 20.4. The monoisotopic (exact) mass is 401 g/mol. The molecule has 10 heteroatoms. The molecule has 2 rings (SSSR count). The number of alkyl halides is 3. The summed E-state index contributed by atoms with van der Waals surface area (Å²) in [7, 11) is 0. The number of halogens is 3. The number of benzene rings is 1. The molecule has 0 saturated carbocycles. The number of nitrogens with one attached hydrogen (secondary N) is 1. The minimum atomic E-state index is -4.70. The first-order valence-corrected chi connectivity index (χ1v) is 9.34.